The number of rotatable bonds is 9. The molecule has 0 bridgehead atoms. The molecule has 0 fully saturated rings. The monoisotopic (exact) mass is 438 g/mol. The number of thiocarbonyl (C=S) groups is 1. The molecule has 2 aromatic rings. The Kier molecular flexibility index (Phi) is 8.64. The second kappa shape index (κ2) is 11.0. The van der Waals surface area contributed by atoms with E-state index >= 15 is 0 Å². The van der Waals surface area contributed by atoms with Crippen LogP contribution in [0.4, 0.5) is 5.69 Å². The summed E-state index contributed by atoms with van der Waals surface area (Å²) in [7, 11) is 0. The van der Waals surface area contributed by atoms with Crippen molar-refractivity contribution in [2.45, 2.75) is 39.0 Å². The lowest BCUT2D eigenvalue weighted by molar-refractivity contribution is 0.0949. The summed E-state index contributed by atoms with van der Waals surface area (Å²) in [6.45, 7) is 2.93. The maximum Gasteiger partial charge on any atom is 0.293 e. The summed E-state index contributed by atoms with van der Waals surface area (Å²) in [5, 5.41) is 5.73. The van der Waals surface area contributed by atoms with E-state index in [1.54, 1.807) is 12.1 Å². The number of ether oxygens (including phenoxy) is 1. The van der Waals surface area contributed by atoms with Crippen LogP contribution in [-0.4, -0.2) is 17.6 Å². The lowest BCUT2D eigenvalue weighted by Gasteiger charge is -2.10. The van der Waals surface area contributed by atoms with Crippen LogP contribution in [0, 0.1) is 0 Å². The molecule has 140 valence electrons. The average Bonchev–Trinajstić information content (AvgIpc) is 3.06. The molecular formula is C19H23BrN2O3S. The maximum atomic E-state index is 12.0. The van der Waals surface area contributed by atoms with E-state index in [1.165, 1.54) is 25.7 Å². The summed E-state index contributed by atoms with van der Waals surface area (Å²) in [4.78, 5) is 12.0. The maximum absolute atomic E-state index is 12.0. The van der Waals surface area contributed by atoms with E-state index in [0.29, 0.717) is 4.67 Å². The zero-order valence-electron chi connectivity index (χ0n) is 14.7. The molecule has 1 heterocycles. The highest BCUT2D eigenvalue weighted by Gasteiger charge is 2.12. The fourth-order valence-corrected chi connectivity index (χ4v) is 2.81. The third-order valence-electron chi connectivity index (χ3n) is 3.65. The molecule has 5 nitrogen and oxygen atoms in total. The van der Waals surface area contributed by atoms with Crippen molar-refractivity contribution in [1.82, 2.24) is 5.32 Å². The molecule has 0 aliphatic heterocycles. The van der Waals surface area contributed by atoms with E-state index < -0.39 is 5.91 Å². The van der Waals surface area contributed by atoms with Crippen LogP contribution in [0.15, 0.2) is 45.5 Å². The van der Waals surface area contributed by atoms with E-state index in [2.05, 4.69) is 33.5 Å². The number of unbranched alkanes of at least 4 members (excludes halogenated alkanes) is 4. The SMILES string of the molecule is CCCCCCCOc1ccc(NC(=S)NC(=O)c2ccc(Br)o2)cc1. The van der Waals surface area contributed by atoms with E-state index in [0.717, 1.165) is 24.5 Å². The van der Waals surface area contributed by atoms with Gasteiger partial charge in [-0.05, 0) is 71.0 Å². The van der Waals surface area contributed by atoms with Crippen molar-refractivity contribution >= 4 is 44.9 Å². The second-order valence-electron chi connectivity index (χ2n) is 5.80. The number of carbonyl (C=O) groups is 1. The number of hydrogen-bond acceptors (Lipinski definition) is 4. The molecule has 2 rings (SSSR count). The van der Waals surface area contributed by atoms with Gasteiger partial charge in [-0.25, -0.2) is 0 Å². The first-order valence-corrected chi connectivity index (χ1v) is 9.89. The highest BCUT2D eigenvalue weighted by atomic mass is 79.9. The van der Waals surface area contributed by atoms with Gasteiger partial charge in [0.1, 0.15) is 5.75 Å². The van der Waals surface area contributed by atoms with Crippen LogP contribution in [0.5, 0.6) is 5.75 Å². The van der Waals surface area contributed by atoms with Crippen molar-refractivity contribution in [3.05, 3.63) is 46.8 Å². The van der Waals surface area contributed by atoms with Gasteiger partial charge in [0.2, 0.25) is 0 Å². The van der Waals surface area contributed by atoms with Gasteiger partial charge < -0.3 is 14.5 Å². The first-order valence-electron chi connectivity index (χ1n) is 8.69. The van der Waals surface area contributed by atoms with Gasteiger partial charge in [-0.2, -0.15) is 0 Å². The highest BCUT2D eigenvalue weighted by Crippen LogP contribution is 2.17. The Labute approximate surface area is 167 Å². The van der Waals surface area contributed by atoms with E-state index in [-0.39, 0.29) is 10.9 Å². The molecule has 0 spiro atoms. The van der Waals surface area contributed by atoms with Gasteiger partial charge in [-0.1, -0.05) is 32.6 Å². The molecule has 0 saturated heterocycles. The van der Waals surface area contributed by atoms with Gasteiger partial charge in [0.15, 0.2) is 15.5 Å². The second-order valence-corrected chi connectivity index (χ2v) is 6.99. The van der Waals surface area contributed by atoms with Gasteiger partial charge in [-0.15, -0.1) is 0 Å². The minimum absolute atomic E-state index is 0.184. The molecule has 1 amide bonds. The number of amides is 1. The smallest absolute Gasteiger partial charge is 0.293 e. The average molecular weight is 439 g/mol. The minimum atomic E-state index is -0.406. The summed E-state index contributed by atoms with van der Waals surface area (Å²) in [6, 6.07) is 10.7. The van der Waals surface area contributed by atoms with Crippen molar-refractivity contribution in [2.75, 3.05) is 11.9 Å². The lowest BCUT2D eigenvalue weighted by Crippen LogP contribution is -2.33. The minimum Gasteiger partial charge on any atom is -0.494 e. The van der Waals surface area contributed by atoms with Crippen molar-refractivity contribution in [2.24, 2.45) is 0 Å². The fourth-order valence-electron chi connectivity index (χ4n) is 2.29. The van der Waals surface area contributed by atoms with Crippen molar-refractivity contribution in [1.29, 1.82) is 0 Å². The zero-order valence-corrected chi connectivity index (χ0v) is 17.1. The molecule has 0 aliphatic rings. The van der Waals surface area contributed by atoms with Crippen LogP contribution < -0.4 is 15.4 Å². The van der Waals surface area contributed by atoms with Gasteiger partial charge in [0, 0.05) is 5.69 Å². The van der Waals surface area contributed by atoms with Crippen LogP contribution >= 0.6 is 28.1 Å². The van der Waals surface area contributed by atoms with E-state index in [4.69, 9.17) is 21.4 Å². The first kappa shape index (κ1) is 20.5. The van der Waals surface area contributed by atoms with Crippen LogP contribution in [0.25, 0.3) is 0 Å². The van der Waals surface area contributed by atoms with Crippen LogP contribution in [0.3, 0.4) is 0 Å². The number of halogens is 1. The van der Waals surface area contributed by atoms with Crippen molar-refractivity contribution < 1.29 is 13.9 Å². The van der Waals surface area contributed by atoms with Crippen molar-refractivity contribution in [3.63, 3.8) is 0 Å². The summed E-state index contributed by atoms with van der Waals surface area (Å²) in [6.07, 6.45) is 6.07. The number of nitrogens with one attached hydrogen (secondary N) is 2. The molecule has 2 N–H and O–H groups in total. The van der Waals surface area contributed by atoms with Gasteiger partial charge in [0.05, 0.1) is 6.61 Å². The fraction of sp³-hybridized carbons (Fsp3) is 0.368. The number of carbonyl (C=O) groups excluding carboxylic acids is 1. The summed E-state index contributed by atoms with van der Waals surface area (Å²) >= 11 is 8.30. The Morgan fingerprint density at radius 2 is 1.85 bits per heavy atom. The molecule has 7 heteroatoms. The standard InChI is InChI=1S/C19H23BrN2O3S/c1-2-3-4-5-6-13-24-15-9-7-14(8-10-15)21-19(26)22-18(23)16-11-12-17(20)25-16/h7-12H,2-6,13H2,1H3,(H2,21,22,23,26). The Morgan fingerprint density at radius 1 is 1.12 bits per heavy atom. The number of anilines is 1. The molecule has 0 aliphatic carbocycles. The molecule has 0 saturated carbocycles. The van der Waals surface area contributed by atoms with E-state index in [9.17, 15) is 4.79 Å². The van der Waals surface area contributed by atoms with Gasteiger partial charge >= 0.3 is 0 Å². The van der Waals surface area contributed by atoms with Crippen LogP contribution in [0.1, 0.15) is 49.6 Å². The van der Waals surface area contributed by atoms with Gasteiger partial charge in [0.25, 0.3) is 5.91 Å². The Bertz CT molecular complexity index is 716. The van der Waals surface area contributed by atoms with Gasteiger partial charge in [-0.3, -0.25) is 10.1 Å². The van der Waals surface area contributed by atoms with Crippen LogP contribution in [0.2, 0.25) is 0 Å². The summed E-state index contributed by atoms with van der Waals surface area (Å²) < 4.78 is 11.4. The molecule has 1 aromatic carbocycles. The molecule has 26 heavy (non-hydrogen) atoms. The Balaban J connectivity index is 1.72. The molecule has 0 atom stereocenters. The summed E-state index contributed by atoms with van der Waals surface area (Å²) in [5.74, 6) is 0.598. The quantitative estimate of drug-likeness (QED) is 0.398. The molecule has 0 radical (unpaired) electrons. The predicted octanol–water partition coefficient (Wildman–Crippen LogP) is 5.52. The normalized spacial score (nSPS) is 10.4. The summed E-state index contributed by atoms with van der Waals surface area (Å²) in [5.41, 5.74) is 0.770. The van der Waals surface area contributed by atoms with E-state index in [1.807, 2.05) is 24.3 Å². The van der Waals surface area contributed by atoms with Crippen LogP contribution in [-0.2, 0) is 0 Å². The highest BCUT2D eigenvalue weighted by molar-refractivity contribution is 9.10. The topological polar surface area (TPSA) is 63.5 Å². The lowest BCUT2D eigenvalue weighted by atomic mass is 10.2. The van der Waals surface area contributed by atoms with Crippen molar-refractivity contribution in [3.8, 4) is 5.75 Å². The zero-order chi connectivity index (χ0) is 18.8. The third-order valence-corrected chi connectivity index (χ3v) is 4.28. The largest absolute Gasteiger partial charge is 0.494 e. The Morgan fingerprint density at radius 3 is 2.50 bits per heavy atom. The number of furan rings is 1. The molecule has 1 aromatic heterocycles. The molecular weight excluding hydrogens is 416 g/mol. The number of benzene rings is 1. The Hall–Kier alpha value is -1.86. The molecule has 0 unspecified atom stereocenters. The first-order chi connectivity index (χ1) is 12.6. The number of hydrogen-bond donors (Lipinski definition) is 2. The third kappa shape index (κ3) is 7.17. The predicted molar refractivity (Wildman–Crippen MR) is 111 cm³/mol.